The molecule has 132 valence electrons. The van der Waals surface area contributed by atoms with Gasteiger partial charge in [0.15, 0.2) is 0 Å². The zero-order chi connectivity index (χ0) is 18.5. The minimum Gasteiger partial charge on any atom is -0.481 e. The highest BCUT2D eigenvalue weighted by Crippen LogP contribution is 2.31. The van der Waals surface area contributed by atoms with Crippen molar-refractivity contribution in [1.29, 1.82) is 0 Å². The van der Waals surface area contributed by atoms with Gasteiger partial charge in [-0.2, -0.15) is 0 Å². The quantitative estimate of drug-likeness (QED) is 0.468. The molecule has 1 aromatic heterocycles. The van der Waals surface area contributed by atoms with Crippen LogP contribution < -0.4 is 0 Å². The fourth-order valence-corrected chi connectivity index (χ4v) is 3.62. The number of carboxylic acids is 1. The van der Waals surface area contributed by atoms with E-state index < -0.39 is 10.9 Å². The number of carboxylic acid groups (broad SMARTS) is 1. The Labute approximate surface area is 153 Å². The molecule has 3 aromatic rings. The first-order valence-corrected chi connectivity index (χ1v) is 8.87. The third kappa shape index (κ3) is 4.31. The number of allylic oxidation sites excluding steroid dienone is 1. The lowest BCUT2D eigenvalue weighted by Crippen LogP contribution is -1.95. The number of benzene rings is 2. The van der Waals surface area contributed by atoms with Crippen LogP contribution in [0, 0.1) is 10.1 Å². The molecule has 0 fully saturated rings. The number of thiazole rings is 1. The SMILES string of the molecule is O=C(O)CCC/C(=C\c1cccc([N+](=O)[O-])c1)c1nc2ccccc2s1. The number of rotatable bonds is 7. The van der Waals surface area contributed by atoms with Gasteiger partial charge >= 0.3 is 5.97 Å². The summed E-state index contributed by atoms with van der Waals surface area (Å²) in [7, 11) is 0. The van der Waals surface area contributed by atoms with Crippen LogP contribution in [0.4, 0.5) is 5.69 Å². The van der Waals surface area contributed by atoms with E-state index in [1.54, 1.807) is 12.1 Å². The first-order valence-electron chi connectivity index (χ1n) is 8.06. The molecular formula is C19H16N2O4S. The molecule has 0 radical (unpaired) electrons. The second-order valence-corrected chi connectivity index (χ2v) is 6.79. The minimum absolute atomic E-state index is 0.0212. The Morgan fingerprint density at radius 3 is 2.73 bits per heavy atom. The van der Waals surface area contributed by atoms with Gasteiger partial charge in [0.2, 0.25) is 0 Å². The number of fused-ring (bicyclic) bond motifs is 1. The van der Waals surface area contributed by atoms with Gasteiger partial charge in [0, 0.05) is 18.6 Å². The van der Waals surface area contributed by atoms with E-state index in [9.17, 15) is 14.9 Å². The van der Waals surface area contributed by atoms with Gasteiger partial charge in [0.25, 0.3) is 5.69 Å². The summed E-state index contributed by atoms with van der Waals surface area (Å²) < 4.78 is 1.05. The first-order chi connectivity index (χ1) is 12.5. The predicted molar refractivity (Wildman–Crippen MR) is 102 cm³/mol. The Morgan fingerprint density at radius 1 is 1.19 bits per heavy atom. The fourth-order valence-electron chi connectivity index (χ4n) is 2.61. The molecule has 0 atom stereocenters. The number of hydrogen-bond donors (Lipinski definition) is 1. The summed E-state index contributed by atoms with van der Waals surface area (Å²) in [6.07, 6.45) is 2.94. The van der Waals surface area contributed by atoms with Gasteiger partial charge < -0.3 is 5.11 Å². The van der Waals surface area contributed by atoms with Crippen LogP contribution in [0.1, 0.15) is 29.8 Å². The summed E-state index contributed by atoms with van der Waals surface area (Å²) in [6.45, 7) is 0. The lowest BCUT2D eigenvalue weighted by molar-refractivity contribution is -0.384. The number of hydrogen-bond acceptors (Lipinski definition) is 5. The van der Waals surface area contributed by atoms with Crippen molar-refractivity contribution in [3.8, 4) is 0 Å². The number of nitrogens with zero attached hydrogens (tertiary/aromatic N) is 2. The van der Waals surface area contributed by atoms with Gasteiger partial charge in [-0.25, -0.2) is 4.98 Å². The number of aliphatic carboxylic acids is 1. The van der Waals surface area contributed by atoms with Gasteiger partial charge in [-0.1, -0.05) is 24.3 Å². The molecule has 3 rings (SSSR count). The van der Waals surface area contributed by atoms with Gasteiger partial charge in [0.1, 0.15) is 5.01 Å². The second-order valence-electron chi connectivity index (χ2n) is 5.76. The number of para-hydroxylation sites is 1. The van der Waals surface area contributed by atoms with Crippen molar-refractivity contribution in [3.05, 3.63) is 69.2 Å². The third-order valence-corrected chi connectivity index (χ3v) is 4.94. The molecular weight excluding hydrogens is 352 g/mol. The van der Waals surface area contributed by atoms with Crippen molar-refractivity contribution in [3.63, 3.8) is 0 Å². The Hall–Kier alpha value is -3.06. The van der Waals surface area contributed by atoms with Crippen LogP contribution in [0.25, 0.3) is 21.9 Å². The van der Waals surface area contributed by atoms with Crippen molar-refractivity contribution in [2.75, 3.05) is 0 Å². The van der Waals surface area contributed by atoms with E-state index in [1.165, 1.54) is 23.5 Å². The standard InChI is InChI=1S/C19H16N2O4S/c22-18(23)10-4-6-14(11-13-5-3-7-15(12-13)21(24)25)19-20-16-8-1-2-9-17(16)26-19/h1-3,5,7-9,11-12H,4,6,10H2,(H,22,23)/b14-11+. The lowest BCUT2D eigenvalue weighted by atomic mass is 10.0. The molecule has 1 heterocycles. The lowest BCUT2D eigenvalue weighted by Gasteiger charge is -2.04. The molecule has 0 saturated heterocycles. The summed E-state index contributed by atoms with van der Waals surface area (Å²) in [5.74, 6) is -0.844. The number of nitro groups is 1. The highest BCUT2D eigenvalue weighted by molar-refractivity contribution is 7.19. The van der Waals surface area contributed by atoms with Gasteiger partial charge in [-0.15, -0.1) is 11.3 Å². The second kappa shape index (κ2) is 7.88. The Morgan fingerprint density at radius 2 is 2.00 bits per heavy atom. The highest BCUT2D eigenvalue weighted by Gasteiger charge is 2.11. The van der Waals surface area contributed by atoms with Crippen LogP contribution in [0.3, 0.4) is 0 Å². The molecule has 2 aromatic carbocycles. The van der Waals surface area contributed by atoms with E-state index in [4.69, 9.17) is 5.11 Å². The molecule has 0 saturated carbocycles. The maximum atomic E-state index is 11.0. The average Bonchev–Trinajstić information content (AvgIpc) is 3.05. The summed E-state index contributed by atoms with van der Waals surface area (Å²) in [5.41, 5.74) is 2.49. The largest absolute Gasteiger partial charge is 0.481 e. The molecule has 0 spiro atoms. The van der Waals surface area contributed by atoms with Crippen LogP contribution in [0.2, 0.25) is 0 Å². The zero-order valence-electron chi connectivity index (χ0n) is 13.8. The van der Waals surface area contributed by atoms with Crippen LogP contribution in [0.5, 0.6) is 0 Å². The topological polar surface area (TPSA) is 93.3 Å². The molecule has 0 aliphatic carbocycles. The smallest absolute Gasteiger partial charge is 0.303 e. The van der Waals surface area contributed by atoms with Crippen LogP contribution in [-0.4, -0.2) is 21.0 Å². The summed E-state index contributed by atoms with van der Waals surface area (Å²) in [5, 5.41) is 20.7. The maximum absolute atomic E-state index is 11.0. The average molecular weight is 368 g/mol. The number of non-ortho nitro benzene ring substituents is 1. The monoisotopic (exact) mass is 368 g/mol. The summed E-state index contributed by atoms with van der Waals surface area (Å²) in [4.78, 5) is 26.0. The molecule has 0 bridgehead atoms. The van der Waals surface area contributed by atoms with Gasteiger partial charge in [-0.3, -0.25) is 14.9 Å². The Kier molecular flexibility index (Phi) is 5.38. The van der Waals surface area contributed by atoms with Crippen molar-refractivity contribution in [1.82, 2.24) is 4.98 Å². The van der Waals surface area contributed by atoms with E-state index >= 15 is 0 Å². The summed E-state index contributed by atoms with van der Waals surface area (Å²) >= 11 is 1.53. The van der Waals surface area contributed by atoms with E-state index in [0.29, 0.717) is 18.4 Å². The molecule has 0 aliphatic rings. The molecule has 0 aliphatic heterocycles. The first kappa shape index (κ1) is 17.8. The third-order valence-electron chi connectivity index (χ3n) is 3.83. The molecule has 7 heteroatoms. The normalized spacial score (nSPS) is 11.6. The predicted octanol–water partition coefficient (Wildman–Crippen LogP) is 5.00. The fraction of sp³-hybridized carbons (Fsp3) is 0.158. The highest BCUT2D eigenvalue weighted by atomic mass is 32.1. The molecule has 0 amide bonds. The molecule has 26 heavy (non-hydrogen) atoms. The number of aromatic nitrogens is 1. The van der Waals surface area contributed by atoms with E-state index in [2.05, 4.69) is 4.98 Å². The Balaban J connectivity index is 1.98. The van der Waals surface area contributed by atoms with Crippen LogP contribution in [0.15, 0.2) is 48.5 Å². The molecule has 0 unspecified atom stereocenters. The number of carbonyl (C=O) groups is 1. The van der Waals surface area contributed by atoms with E-state index in [1.807, 2.05) is 30.3 Å². The number of nitro benzene ring substituents is 1. The van der Waals surface area contributed by atoms with Crippen molar-refractivity contribution >= 4 is 44.9 Å². The summed E-state index contributed by atoms with van der Waals surface area (Å²) in [6, 6.07) is 14.1. The maximum Gasteiger partial charge on any atom is 0.303 e. The van der Waals surface area contributed by atoms with Gasteiger partial charge in [0.05, 0.1) is 15.1 Å². The van der Waals surface area contributed by atoms with Crippen LogP contribution >= 0.6 is 11.3 Å². The molecule has 6 nitrogen and oxygen atoms in total. The zero-order valence-corrected chi connectivity index (χ0v) is 14.6. The van der Waals surface area contributed by atoms with E-state index in [-0.39, 0.29) is 12.1 Å². The van der Waals surface area contributed by atoms with Crippen molar-refractivity contribution < 1.29 is 14.8 Å². The Bertz CT molecular complexity index is 961. The van der Waals surface area contributed by atoms with Crippen LogP contribution in [-0.2, 0) is 4.79 Å². The molecule has 1 N–H and O–H groups in total. The van der Waals surface area contributed by atoms with E-state index in [0.717, 1.165) is 20.8 Å². The van der Waals surface area contributed by atoms with Gasteiger partial charge in [-0.05, 0) is 42.2 Å². The van der Waals surface area contributed by atoms with Crippen molar-refractivity contribution in [2.45, 2.75) is 19.3 Å². The van der Waals surface area contributed by atoms with Crippen molar-refractivity contribution in [2.24, 2.45) is 0 Å². The minimum atomic E-state index is -0.844.